The van der Waals surface area contributed by atoms with E-state index in [4.69, 9.17) is 28.2 Å². The highest BCUT2D eigenvalue weighted by atomic mass is 32.1. The monoisotopic (exact) mass is 311 g/mol. The Hall–Kier alpha value is -1.54. The number of aliphatic hydroxyl groups excluding tert-OH is 2. The van der Waals surface area contributed by atoms with E-state index in [0.29, 0.717) is 24.3 Å². The minimum absolute atomic E-state index is 0.0749. The summed E-state index contributed by atoms with van der Waals surface area (Å²) in [6, 6.07) is 6.50. The van der Waals surface area contributed by atoms with Crippen molar-refractivity contribution in [1.29, 1.82) is 0 Å². The van der Waals surface area contributed by atoms with Crippen molar-refractivity contribution in [3.05, 3.63) is 29.8 Å². The van der Waals surface area contributed by atoms with Crippen LogP contribution >= 0.6 is 12.2 Å². The lowest BCUT2D eigenvalue weighted by Gasteiger charge is -2.26. The largest absolute Gasteiger partial charge is 0.395 e. The van der Waals surface area contributed by atoms with Gasteiger partial charge in [0.25, 0.3) is 0 Å². The van der Waals surface area contributed by atoms with Gasteiger partial charge < -0.3 is 21.3 Å². The van der Waals surface area contributed by atoms with Crippen LogP contribution < -0.4 is 11.1 Å². The van der Waals surface area contributed by atoms with Crippen LogP contribution in [0.3, 0.4) is 0 Å². The molecule has 1 aromatic carbocycles. The van der Waals surface area contributed by atoms with Gasteiger partial charge in [0.05, 0.1) is 19.3 Å². The molecule has 0 aromatic heterocycles. The lowest BCUT2D eigenvalue weighted by molar-refractivity contribution is -0.121. The van der Waals surface area contributed by atoms with E-state index >= 15 is 0 Å². The van der Waals surface area contributed by atoms with Crippen LogP contribution in [0.2, 0.25) is 0 Å². The van der Waals surface area contributed by atoms with Gasteiger partial charge >= 0.3 is 0 Å². The quantitative estimate of drug-likeness (QED) is 0.502. The van der Waals surface area contributed by atoms with Gasteiger partial charge in [0, 0.05) is 24.3 Å². The first-order valence-electron chi connectivity index (χ1n) is 6.66. The van der Waals surface area contributed by atoms with E-state index in [0.717, 1.165) is 0 Å². The Kier molecular flexibility index (Phi) is 7.24. The first-order valence-corrected chi connectivity index (χ1v) is 7.07. The number of hydrogen-bond acceptors (Lipinski definition) is 5. The molecule has 116 valence electrons. The van der Waals surface area contributed by atoms with Crippen molar-refractivity contribution in [2.24, 2.45) is 5.73 Å². The molecule has 1 unspecified atom stereocenters. The van der Waals surface area contributed by atoms with Gasteiger partial charge in [-0.15, -0.1) is 0 Å². The summed E-state index contributed by atoms with van der Waals surface area (Å²) in [5.74, 6) is -0.225. The molecule has 21 heavy (non-hydrogen) atoms. The van der Waals surface area contributed by atoms with Gasteiger partial charge in [0.15, 0.2) is 0 Å². The van der Waals surface area contributed by atoms with Gasteiger partial charge in [0.1, 0.15) is 4.99 Å². The van der Waals surface area contributed by atoms with Crippen molar-refractivity contribution >= 4 is 28.8 Å². The average Bonchev–Trinajstić information content (AvgIpc) is 2.46. The fourth-order valence-corrected chi connectivity index (χ4v) is 2.05. The highest BCUT2D eigenvalue weighted by molar-refractivity contribution is 7.80. The van der Waals surface area contributed by atoms with E-state index < -0.39 is 6.04 Å². The second kappa shape index (κ2) is 8.68. The van der Waals surface area contributed by atoms with Crippen LogP contribution in [0.1, 0.15) is 12.5 Å². The lowest BCUT2D eigenvalue weighted by Crippen LogP contribution is -2.44. The van der Waals surface area contributed by atoms with E-state index in [9.17, 15) is 4.79 Å². The first kappa shape index (κ1) is 17.5. The molecule has 0 saturated carbocycles. The molecule has 0 fully saturated rings. The van der Waals surface area contributed by atoms with Crippen LogP contribution in [-0.2, 0) is 4.79 Å². The molecule has 0 spiro atoms. The van der Waals surface area contributed by atoms with Gasteiger partial charge in [-0.3, -0.25) is 9.69 Å². The number of amides is 1. The fraction of sp³-hybridized carbons (Fsp3) is 0.429. The van der Waals surface area contributed by atoms with Gasteiger partial charge in [-0.1, -0.05) is 24.4 Å². The first-order chi connectivity index (χ1) is 9.99. The van der Waals surface area contributed by atoms with E-state index in [2.05, 4.69) is 5.32 Å². The van der Waals surface area contributed by atoms with E-state index in [1.54, 1.807) is 36.1 Å². The Labute approximate surface area is 129 Å². The van der Waals surface area contributed by atoms with Crippen molar-refractivity contribution in [3.8, 4) is 0 Å². The molecule has 0 saturated heterocycles. The summed E-state index contributed by atoms with van der Waals surface area (Å²) in [7, 11) is 0. The van der Waals surface area contributed by atoms with Crippen molar-refractivity contribution < 1.29 is 15.0 Å². The van der Waals surface area contributed by atoms with Crippen molar-refractivity contribution in [3.63, 3.8) is 0 Å². The van der Waals surface area contributed by atoms with Crippen LogP contribution in [0.5, 0.6) is 0 Å². The van der Waals surface area contributed by atoms with Gasteiger partial charge in [0.2, 0.25) is 5.91 Å². The minimum atomic E-state index is -0.474. The Morgan fingerprint density at radius 3 is 2.52 bits per heavy atom. The molecule has 7 heteroatoms. The molecule has 1 amide bonds. The molecule has 6 nitrogen and oxygen atoms in total. The average molecular weight is 311 g/mol. The molecule has 0 aliphatic heterocycles. The number of nitrogens with one attached hydrogen (secondary N) is 1. The molecular weight excluding hydrogens is 290 g/mol. The number of thiocarbonyl (C=S) groups is 1. The minimum Gasteiger partial charge on any atom is -0.395 e. The maximum absolute atomic E-state index is 12.2. The standard InChI is InChI=1S/C14H21N3O3S/c1-10(17(5-7-18)6-8-19)14(20)16-12-4-2-3-11(9-12)13(15)21/h2-4,9-10,18-19H,5-8H2,1H3,(H2,15,21)(H,16,20). The number of carbonyl (C=O) groups is 1. The predicted octanol–water partition coefficient (Wildman–Crippen LogP) is -0.0656. The summed E-state index contributed by atoms with van der Waals surface area (Å²) in [6.07, 6.45) is 0. The summed E-state index contributed by atoms with van der Waals surface area (Å²) < 4.78 is 0. The molecule has 0 bridgehead atoms. The molecule has 1 atom stereocenters. The number of nitrogens with two attached hydrogens (primary N) is 1. The van der Waals surface area contributed by atoms with Crippen LogP contribution in [0.15, 0.2) is 24.3 Å². The van der Waals surface area contributed by atoms with Crippen molar-refractivity contribution in [2.75, 3.05) is 31.6 Å². The van der Waals surface area contributed by atoms with E-state index in [1.807, 2.05) is 0 Å². The molecule has 0 aliphatic rings. The van der Waals surface area contributed by atoms with Crippen molar-refractivity contribution in [2.45, 2.75) is 13.0 Å². The molecule has 1 rings (SSSR count). The second-order valence-electron chi connectivity index (χ2n) is 4.59. The highest BCUT2D eigenvalue weighted by Crippen LogP contribution is 2.12. The van der Waals surface area contributed by atoms with Crippen LogP contribution in [0.4, 0.5) is 5.69 Å². The smallest absolute Gasteiger partial charge is 0.241 e. The number of anilines is 1. The fourth-order valence-electron chi connectivity index (χ4n) is 1.92. The topological polar surface area (TPSA) is 98.8 Å². The third-order valence-corrected chi connectivity index (χ3v) is 3.35. The molecule has 0 heterocycles. The Bertz CT molecular complexity index is 490. The zero-order valence-electron chi connectivity index (χ0n) is 12.0. The highest BCUT2D eigenvalue weighted by Gasteiger charge is 2.20. The number of rotatable bonds is 8. The Balaban J connectivity index is 2.74. The predicted molar refractivity (Wildman–Crippen MR) is 86.2 cm³/mol. The zero-order chi connectivity index (χ0) is 15.8. The number of nitrogens with zero attached hydrogens (tertiary/aromatic N) is 1. The van der Waals surface area contributed by atoms with E-state index in [-0.39, 0.29) is 24.1 Å². The lowest BCUT2D eigenvalue weighted by atomic mass is 10.2. The maximum Gasteiger partial charge on any atom is 0.241 e. The van der Waals surface area contributed by atoms with Gasteiger partial charge in [-0.2, -0.15) is 0 Å². The number of hydrogen-bond donors (Lipinski definition) is 4. The van der Waals surface area contributed by atoms with Gasteiger partial charge in [-0.05, 0) is 19.1 Å². The SMILES string of the molecule is CC(C(=O)Nc1cccc(C(N)=S)c1)N(CCO)CCO. The van der Waals surface area contributed by atoms with E-state index in [1.165, 1.54) is 0 Å². The Morgan fingerprint density at radius 2 is 2.00 bits per heavy atom. The molecule has 5 N–H and O–H groups in total. The second-order valence-corrected chi connectivity index (χ2v) is 5.03. The number of carbonyl (C=O) groups excluding carboxylic acids is 1. The third-order valence-electron chi connectivity index (χ3n) is 3.12. The van der Waals surface area contributed by atoms with Crippen LogP contribution in [0, 0.1) is 0 Å². The summed E-state index contributed by atoms with van der Waals surface area (Å²) in [5.41, 5.74) is 6.84. The molecule has 1 aromatic rings. The molecular formula is C14H21N3O3S. The summed E-state index contributed by atoms with van der Waals surface area (Å²) in [5, 5.41) is 20.8. The Morgan fingerprint density at radius 1 is 1.38 bits per heavy atom. The van der Waals surface area contributed by atoms with Crippen LogP contribution in [-0.4, -0.2) is 58.4 Å². The van der Waals surface area contributed by atoms with Gasteiger partial charge in [-0.25, -0.2) is 0 Å². The normalized spacial score (nSPS) is 12.2. The molecule has 0 radical (unpaired) electrons. The zero-order valence-corrected chi connectivity index (χ0v) is 12.8. The maximum atomic E-state index is 12.2. The molecule has 0 aliphatic carbocycles. The number of benzene rings is 1. The number of aliphatic hydroxyl groups is 2. The van der Waals surface area contributed by atoms with Crippen molar-refractivity contribution in [1.82, 2.24) is 4.90 Å². The summed E-state index contributed by atoms with van der Waals surface area (Å²) >= 11 is 4.90. The summed E-state index contributed by atoms with van der Waals surface area (Å²) in [4.78, 5) is 14.2. The third kappa shape index (κ3) is 5.39. The van der Waals surface area contributed by atoms with Crippen LogP contribution in [0.25, 0.3) is 0 Å². The summed E-state index contributed by atoms with van der Waals surface area (Å²) in [6.45, 7) is 2.21.